The number of hydrogen-bond acceptors (Lipinski definition) is 1. The summed E-state index contributed by atoms with van der Waals surface area (Å²) in [5, 5.41) is 10.6. The molecule has 0 radical (unpaired) electrons. The van der Waals surface area contributed by atoms with Crippen LogP contribution in [0, 0.1) is 23.8 Å². The molecule has 1 rings (SSSR count). The van der Waals surface area contributed by atoms with Gasteiger partial charge in [-0.3, -0.25) is 0 Å². The highest BCUT2D eigenvalue weighted by Crippen LogP contribution is 2.41. The van der Waals surface area contributed by atoms with E-state index >= 15 is 0 Å². The Morgan fingerprint density at radius 2 is 1.30 bits per heavy atom. The Labute approximate surface area is 169 Å². The third-order valence-electron chi connectivity index (χ3n) is 5.93. The summed E-state index contributed by atoms with van der Waals surface area (Å²) >= 11 is 0. The molecule has 0 unspecified atom stereocenters. The molecule has 0 aliphatic heterocycles. The molecule has 0 amide bonds. The fourth-order valence-corrected chi connectivity index (χ4v) is 9.34. The van der Waals surface area contributed by atoms with E-state index in [1.54, 1.807) is 6.92 Å². The monoisotopic (exact) mass is 382 g/mol. The molecule has 1 N–H and O–H groups in total. The Morgan fingerprint density at radius 3 is 1.67 bits per heavy atom. The molecule has 0 aliphatic rings. The van der Waals surface area contributed by atoms with Crippen LogP contribution >= 0.6 is 0 Å². The molecule has 0 saturated heterocycles. The zero-order chi connectivity index (χ0) is 21.2. The van der Waals surface area contributed by atoms with Crippen molar-refractivity contribution < 1.29 is 5.11 Å². The second-order valence-corrected chi connectivity index (χ2v) is 15.5. The van der Waals surface area contributed by atoms with Gasteiger partial charge in [0.1, 0.15) is 13.7 Å². The summed E-state index contributed by atoms with van der Waals surface area (Å²) in [7, 11) is -1.81. The Morgan fingerprint density at radius 1 is 0.852 bits per heavy atom. The molecule has 2 heteroatoms. The van der Waals surface area contributed by atoms with Crippen molar-refractivity contribution in [1.82, 2.24) is 0 Å². The molecule has 1 aromatic carbocycles. The molecule has 1 atom stereocenters. The van der Waals surface area contributed by atoms with Gasteiger partial charge in [0.2, 0.25) is 0 Å². The van der Waals surface area contributed by atoms with Gasteiger partial charge in [-0.2, -0.15) is 0 Å². The predicted octanol–water partition coefficient (Wildman–Crippen LogP) is 6.39. The maximum Gasteiger partial charge on any atom is 0.147 e. The molecule has 0 fully saturated rings. The summed E-state index contributed by atoms with van der Waals surface area (Å²) < 4.78 is 0. The van der Waals surface area contributed by atoms with Crippen LogP contribution in [0.5, 0.6) is 0 Å². The summed E-state index contributed by atoms with van der Waals surface area (Å²) in [4.78, 5) is 0. The summed E-state index contributed by atoms with van der Waals surface area (Å²) in [5.74, 6) is 6.02. The van der Waals surface area contributed by atoms with Gasteiger partial charge in [-0.1, -0.05) is 80.2 Å². The molecule has 148 valence electrons. The molecule has 1 nitrogen and oxygen atoms in total. The molecule has 0 bridgehead atoms. The molecule has 0 aromatic heterocycles. The van der Waals surface area contributed by atoms with E-state index in [0.717, 1.165) is 16.7 Å². The number of terminal acetylenes is 1. The van der Waals surface area contributed by atoms with Crippen molar-refractivity contribution in [2.24, 2.45) is 0 Å². The summed E-state index contributed by atoms with van der Waals surface area (Å²) in [6, 6.07) is 6.13. The SMILES string of the molecule is C#C[C@@](C)(O)c1cc(C#C[Si](C(C)C)(C(C)C)C(C)C)cc(C(C)(C)C)c1. The van der Waals surface area contributed by atoms with Crippen molar-refractivity contribution in [1.29, 1.82) is 0 Å². The van der Waals surface area contributed by atoms with Gasteiger partial charge in [-0.05, 0) is 52.2 Å². The van der Waals surface area contributed by atoms with Gasteiger partial charge >= 0.3 is 0 Å². The number of rotatable bonds is 4. The molecular formula is C25H38OSi. The first-order valence-electron chi connectivity index (χ1n) is 10.1. The van der Waals surface area contributed by atoms with Crippen LogP contribution in [0.4, 0.5) is 0 Å². The highest BCUT2D eigenvalue weighted by molar-refractivity contribution is 6.90. The van der Waals surface area contributed by atoms with Crippen LogP contribution in [0.3, 0.4) is 0 Å². The van der Waals surface area contributed by atoms with Gasteiger partial charge in [0.15, 0.2) is 0 Å². The van der Waals surface area contributed by atoms with Gasteiger partial charge < -0.3 is 5.11 Å². The van der Waals surface area contributed by atoms with E-state index in [9.17, 15) is 5.11 Å². The van der Waals surface area contributed by atoms with Gasteiger partial charge in [-0.15, -0.1) is 12.0 Å². The highest BCUT2D eigenvalue weighted by atomic mass is 28.3. The second kappa shape index (κ2) is 8.26. The first-order chi connectivity index (χ1) is 12.2. The largest absolute Gasteiger partial charge is 0.374 e. The van der Waals surface area contributed by atoms with Crippen molar-refractivity contribution in [2.45, 2.75) is 96.9 Å². The van der Waals surface area contributed by atoms with Crippen LogP contribution in [-0.2, 0) is 11.0 Å². The van der Waals surface area contributed by atoms with Gasteiger partial charge in [0.05, 0.1) is 0 Å². The summed E-state index contributed by atoms with van der Waals surface area (Å²) in [6.07, 6.45) is 5.58. The first kappa shape index (κ1) is 23.6. The van der Waals surface area contributed by atoms with Crippen LogP contribution in [-0.4, -0.2) is 13.2 Å². The normalized spacial score (nSPS) is 14.7. The van der Waals surface area contributed by atoms with E-state index in [1.165, 1.54) is 0 Å². The fraction of sp³-hybridized carbons (Fsp3) is 0.600. The molecule has 1 aromatic rings. The van der Waals surface area contributed by atoms with Crippen LogP contribution < -0.4 is 0 Å². The molecule has 0 aliphatic carbocycles. The van der Waals surface area contributed by atoms with Gasteiger partial charge in [-0.25, -0.2) is 0 Å². The minimum absolute atomic E-state index is 0.0419. The van der Waals surface area contributed by atoms with E-state index in [-0.39, 0.29) is 5.41 Å². The quantitative estimate of drug-likeness (QED) is 0.472. The minimum Gasteiger partial charge on any atom is -0.374 e. The highest BCUT2D eigenvalue weighted by Gasteiger charge is 2.41. The predicted molar refractivity (Wildman–Crippen MR) is 121 cm³/mol. The third kappa shape index (κ3) is 5.07. The third-order valence-corrected chi connectivity index (χ3v) is 12.2. The molecule has 0 spiro atoms. The molecule has 27 heavy (non-hydrogen) atoms. The van der Waals surface area contributed by atoms with E-state index in [1.807, 2.05) is 12.1 Å². The fourth-order valence-electron chi connectivity index (χ4n) is 4.11. The average molecular weight is 383 g/mol. The zero-order valence-electron chi connectivity index (χ0n) is 19.0. The molecular weight excluding hydrogens is 344 g/mol. The van der Waals surface area contributed by atoms with Crippen LogP contribution in [0.2, 0.25) is 16.6 Å². The smallest absolute Gasteiger partial charge is 0.147 e. The van der Waals surface area contributed by atoms with E-state index in [0.29, 0.717) is 16.6 Å². The van der Waals surface area contributed by atoms with Crippen molar-refractivity contribution in [2.75, 3.05) is 0 Å². The Hall–Kier alpha value is -1.48. The van der Waals surface area contributed by atoms with E-state index < -0.39 is 13.7 Å². The van der Waals surface area contributed by atoms with E-state index in [4.69, 9.17) is 6.42 Å². The van der Waals surface area contributed by atoms with Crippen LogP contribution in [0.1, 0.15) is 85.9 Å². The van der Waals surface area contributed by atoms with Crippen molar-refractivity contribution >= 4 is 8.07 Å². The number of benzene rings is 1. The number of hydrogen-bond donors (Lipinski definition) is 1. The van der Waals surface area contributed by atoms with Gasteiger partial charge in [0, 0.05) is 5.56 Å². The van der Waals surface area contributed by atoms with Crippen LogP contribution in [0.25, 0.3) is 0 Å². The summed E-state index contributed by atoms with van der Waals surface area (Å²) in [5.41, 5.74) is 7.05. The Balaban J connectivity index is 3.67. The average Bonchev–Trinajstić information content (AvgIpc) is 2.53. The van der Waals surface area contributed by atoms with Crippen molar-refractivity contribution in [3.8, 4) is 23.8 Å². The van der Waals surface area contributed by atoms with Gasteiger partial charge in [0.25, 0.3) is 0 Å². The number of aliphatic hydroxyl groups is 1. The maximum atomic E-state index is 10.6. The Kier molecular flexibility index (Phi) is 7.21. The lowest BCUT2D eigenvalue weighted by Crippen LogP contribution is -2.43. The van der Waals surface area contributed by atoms with Crippen molar-refractivity contribution in [3.63, 3.8) is 0 Å². The second-order valence-electron chi connectivity index (χ2n) is 9.91. The van der Waals surface area contributed by atoms with Crippen molar-refractivity contribution in [3.05, 3.63) is 34.9 Å². The molecule has 0 saturated carbocycles. The molecule has 0 heterocycles. The topological polar surface area (TPSA) is 20.2 Å². The lowest BCUT2D eigenvalue weighted by Gasteiger charge is -2.38. The maximum absolute atomic E-state index is 10.6. The zero-order valence-corrected chi connectivity index (χ0v) is 20.0. The lowest BCUT2D eigenvalue weighted by atomic mass is 9.82. The Bertz CT molecular complexity index is 736. The lowest BCUT2D eigenvalue weighted by molar-refractivity contribution is 0.122. The minimum atomic E-state index is -1.81. The first-order valence-corrected chi connectivity index (χ1v) is 12.3. The van der Waals surface area contributed by atoms with E-state index in [2.05, 4.69) is 85.8 Å². The van der Waals surface area contributed by atoms with Crippen LogP contribution in [0.15, 0.2) is 18.2 Å². The standard InChI is InChI=1S/C25H38OSi/c1-12-25(11,26)23-16-21(15-22(17-23)24(8,9)10)13-14-27(18(2)3,19(4)5)20(6)7/h1,15-20,26H,2-11H3/t25-/m1/s1. The summed E-state index contributed by atoms with van der Waals surface area (Å²) in [6.45, 7) is 22.1.